The second kappa shape index (κ2) is 9.83. The van der Waals surface area contributed by atoms with Crippen molar-refractivity contribution in [2.45, 2.75) is 0 Å². The number of carboxylic acids is 2. The fourth-order valence-electron chi connectivity index (χ4n) is 1.45. The minimum Gasteiger partial charge on any atom is -0.478 e. The summed E-state index contributed by atoms with van der Waals surface area (Å²) in [4.78, 5) is 39.7. The van der Waals surface area contributed by atoms with Gasteiger partial charge in [0, 0.05) is 43.7 Å². The molecule has 0 saturated heterocycles. The molecule has 11 heteroatoms. The van der Waals surface area contributed by atoms with Crippen molar-refractivity contribution in [3.63, 3.8) is 0 Å². The van der Waals surface area contributed by atoms with Crippen LogP contribution in [0.15, 0.2) is 48.5 Å². The predicted octanol–water partition coefficient (Wildman–Crippen LogP) is 2.58. The van der Waals surface area contributed by atoms with E-state index in [1.54, 1.807) is 0 Å². The molecule has 2 aromatic rings. The van der Waals surface area contributed by atoms with Gasteiger partial charge in [-0.2, -0.15) is 0 Å². The first kappa shape index (κ1) is 21.8. The van der Waals surface area contributed by atoms with Gasteiger partial charge in [-0.1, -0.05) is 0 Å². The van der Waals surface area contributed by atoms with Gasteiger partial charge < -0.3 is 10.2 Å². The van der Waals surface area contributed by atoms with Crippen LogP contribution in [0.1, 0.15) is 20.7 Å². The van der Waals surface area contributed by atoms with Gasteiger partial charge >= 0.3 is 11.9 Å². The summed E-state index contributed by atoms with van der Waals surface area (Å²) in [5.74, 6) is -2.19. The van der Waals surface area contributed by atoms with Crippen LogP contribution in [0.25, 0.3) is 0 Å². The van der Waals surface area contributed by atoms with Crippen molar-refractivity contribution < 1.29 is 49.1 Å². The number of benzene rings is 2. The number of hydrogen-bond acceptors (Lipinski definition) is 6. The predicted molar refractivity (Wildman–Crippen MR) is 80.1 cm³/mol. The molecule has 0 heterocycles. The zero-order valence-corrected chi connectivity index (χ0v) is 15.5. The van der Waals surface area contributed by atoms with Crippen molar-refractivity contribution in [2.75, 3.05) is 0 Å². The summed E-state index contributed by atoms with van der Waals surface area (Å²) in [6, 6.07) is 9.40. The van der Waals surface area contributed by atoms with Crippen molar-refractivity contribution in [1.82, 2.24) is 0 Å². The Morgan fingerprint density at radius 1 is 0.680 bits per heavy atom. The molecule has 0 atom stereocenters. The van der Waals surface area contributed by atoms with Crippen LogP contribution < -0.4 is 0 Å². The average molecular weight is 400 g/mol. The van der Waals surface area contributed by atoms with Crippen molar-refractivity contribution in [1.29, 1.82) is 0 Å². The van der Waals surface area contributed by atoms with Crippen LogP contribution in [0, 0.1) is 20.2 Å². The van der Waals surface area contributed by atoms with E-state index in [4.69, 9.17) is 10.2 Å². The number of aromatic carboxylic acids is 2. The Morgan fingerprint density at radius 2 is 0.920 bits per heavy atom. The van der Waals surface area contributed by atoms with E-state index < -0.39 is 21.8 Å². The van der Waals surface area contributed by atoms with Gasteiger partial charge in [0.25, 0.3) is 11.4 Å². The number of nitro groups is 2. The minimum absolute atomic E-state index is 0. The van der Waals surface area contributed by atoms with Gasteiger partial charge in [0.1, 0.15) is 0 Å². The third kappa shape index (κ3) is 6.84. The monoisotopic (exact) mass is 398 g/mol. The average Bonchev–Trinajstić information content (AvgIpc) is 2.55. The standard InChI is InChI=1S/2C7H5NO4.Zn/c2*9-7(10)5-1-3-6(4-2-5)8(11)12;/h2*1-4H,(H,9,10);. The Morgan fingerprint density at radius 3 is 1.08 bits per heavy atom. The maximum Gasteiger partial charge on any atom is 0.335 e. The van der Waals surface area contributed by atoms with Gasteiger partial charge in [0.2, 0.25) is 0 Å². The van der Waals surface area contributed by atoms with E-state index in [1.165, 1.54) is 24.3 Å². The maximum absolute atomic E-state index is 10.3. The topological polar surface area (TPSA) is 161 Å². The van der Waals surface area contributed by atoms with Gasteiger partial charge in [0.15, 0.2) is 0 Å². The van der Waals surface area contributed by atoms with E-state index in [1.807, 2.05) is 0 Å². The van der Waals surface area contributed by atoms with Crippen LogP contribution in [0.2, 0.25) is 0 Å². The van der Waals surface area contributed by atoms with Crippen molar-refractivity contribution >= 4 is 23.3 Å². The number of nitrogens with zero attached hydrogens (tertiary/aromatic N) is 2. The van der Waals surface area contributed by atoms with E-state index in [2.05, 4.69) is 0 Å². The molecular formula is C14H10N2O8Zn. The largest absolute Gasteiger partial charge is 0.478 e. The molecule has 25 heavy (non-hydrogen) atoms. The molecule has 0 radical (unpaired) electrons. The summed E-state index contributed by atoms with van der Waals surface area (Å²) < 4.78 is 0. The molecule has 0 aliphatic carbocycles. The summed E-state index contributed by atoms with van der Waals surface area (Å²) in [6.07, 6.45) is 0. The van der Waals surface area contributed by atoms with Crippen molar-refractivity contribution in [3.05, 3.63) is 79.9 Å². The van der Waals surface area contributed by atoms with Crippen LogP contribution in [-0.2, 0) is 19.5 Å². The molecule has 2 rings (SSSR count). The molecule has 0 amide bonds. The quantitative estimate of drug-likeness (QED) is 0.450. The number of hydrogen-bond donors (Lipinski definition) is 2. The molecule has 0 unspecified atom stereocenters. The van der Waals surface area contributed by atoms with Gasteiger partial charge in [0.05, 0.1) is 21.0 Å². The molecule has 0 aliphatic heterocycles. The Bertz CT molecular complexity index is 641. The number of non-ortho nitro benzene ring substituents is 2. The zero-order chi connectivity index (χ0) is 18.3. The molecule has 2 N–H and O–H groups in total. The summed E-state index contributed by atoms with van der Waals surface area (Å²) in [6.45, 7) is 0. The molecule has 0 saturated carbocycles. The summed E-state index contributed by atoms with van der Waals surface area (Å²) in [5.41, 5.74) is -0.138. The van der Waals surface area contributed by atoms with E-state index in [9.17, 15) is 29.8 Å². The maximum atomic E-state index is 10.3. The van der Waals surface area contributed by atoms with E-state index in [0.29, 0.717) is 0 Å². The number of carboxylic acid groups (broad SMARTS) is 2. The van der Waals surface area contributed by atoms with Crippen LogP contribution in [-0.4, -0.2) is 32.0 Å². The molecule has 2 aromatic carbocycles. The first-order valence-electron chi connectivity index (χ1n) is 6.18. The second-order valence-corrected chi connectivity index (χ2v) is 4.22. The zero-order valence-electron chi connectivity index (χ0n) is 12.6. The van der Waals surface area contributed by atoms with E-state index in [0.717, 1.165) is 24.3 Å². The number of carbonyl (C=O) groups is 2. The molecule has 0 aromatic heterocycles. The Balaban J connectivity index is 0.000000443. The number of rotatable bonds is 4. The summed E-state index contributed by atoms with van der Waals surface area (Å²) in [5, 5.41) is 37.2. The summed E-state index contributed by atoms with van der Waals surface area (Å²) >= 11 is 0. The smallest absolute Gasteiger partial charge is 0.335 e. The first-order valence-corrected chi connectivity index (χ1v) is 6.18. The fourth-order valence-corrected chi connectivity index (χ4v) is 1.45. The normalized spacial score (nSPS) is 8.96. The Kier molecular flexibility index (Phi) is 8.58. The van der Waals surface area contributed by atoms with Crippen molar-refractivity contribution in [3.8, 4) is 0 Å². The Hall–Kier alpha value is -3.20. The molecule has 0 spiro atoms. The van der Waals surface area contributed by atoms with Gasteiger partial charge in [-0.3, -0.25) is 20.2 Å². The van der Waals surface area contributed by atoms with Gasteiger partial charge in [-0.05, 0) is 24.3 Å². The van der Waals surface area contributed by atoms with Crippen LogP contribution in [0.4, 0.5) is 11.4 Å². The fraction of sp³-hybridized carbons (Fsp3) is 0. The summed E-state index contributed by atoms with van der Waals surface area (Å²) in [7, 11) is 0. The molecule has 10 nitrogen and oxygen atoms in total. The SMILES string of the molecule is O=C(O)c1ccc([N+](=O)[O-])cc1.O=C(O)c1ccc([N+](=O)[O-])cc1.[Zn]. The molecule has 0 fully saturated rings. The second-order valence-electron chi connectivity index (χ2n) is 4.22. The molecule has 126 valence electrons. The van der Waals surface area contributed by atoms with E-state index in [-0.39, 0.29) is 42.0 Å². The van der Waals surface area contributed by atoms with E-state index >= 15 is 0 Å². The third-order valence-corrected chi connectivity index (χ3v) is 2.65. The van der Waals surface area contributed by atoms with Crippen molar-refractivity contribution in [2.24, 2.45) is 0 Å². The minimum atomic E-state index is -1.09. The first-order chi connectivity index (χ1) is 11.2. The molecule has 0 bridgehead atoms. The third-order valence-electron chi connectivity index (χ3n) is 2.65. The number of nitro benzene ring substituents is 2. The molecular weight excluding hydrogens is 390 g/mol. The Labute approximate surface area is 152 Å². The molecule has 0 aliphatic rings. The van der Waals surface area contributed by atoms with Crippen LogP contribution in [0.5, 0.6) is 0 Å². The van der Waals surface area contributed by atoms with Gasteiger partial charge in [-0.25, -0.2) is 9.59 Å². The van der Waals surface area contributed by atoms with Gasteiger partial charge in [-0.15, -0.1) is 0 Å². The van der Waals surface area contributed by atoms with Crippen LogP contribution in [0.3, 0.4) is 0 Å². The van der Waals surface area contributed by atoms with Crippen LogP contribution >= 0.6 is 0 Å².